The van der Waals surface area contributed by atoms with E-state index >= 15 is 0 Å². The van der Waals surface area contributed by atoms with Crippen molar-refractivity contribution in [1.82, 2.24) is 0 Å². The van der Waals surface area contributed by atoms with Gasteiger partial charge in [-0.1, -0.05) is 302 Å². The van der Waals surface area contributed by atoms with E-state index in [0.29, 0.717) is 0 Å². The molecule has 12 aliphatic rings. The molecule has 0 radical (unpaired) electrons. The van der Waals surface area contributed by atoms with Gasteiger partial charge in [0.1, 0.15) is 0 Å². The first-order valence-electron chi connectivity index (χ1n) is 48.7. The van der Waals surface area contributed by atoms with Crippen LogP contribution >= 0.6 is 0 Å². The van der Waals surface area contributed by atoms with Gasteiger partial charge in [0.15, 0.2) is 0 Å². The van der Waals surface area contributed by atoms with Crippen molar-refractivity contribution in [1.29, 1.82) is 0 Å². The largest absolute Gasteiger partial charge is 0.101 e. The number of hydrogen-bond donors (Lipinski definition) is 0. The lowest BCUT2D eigenvalue weighted by molar-refractivity contribution is 1.11. The van der Waals surface area contributed by atoms with E-state index in [9.17, 15) is 0 Å². The van der Waals surface area contributed by atoms with Crippen LogP contribution in [0, 0.1) is 118 Å². The molecule has 0 saturated carbocycles. The molecule has 0 aliphatic heterocycles. The van der Waals surface area contributed by atoms with E-state index in [2.05, 4.69) is 361 Å². The maximum Gasteiger partial charge on any atom is 0.0363 e. The Morgan fingerprint density at radius 2 is 0.486 bits per heavy atom. The van der Waals surface area contributed by atoms with Crippen LogP contribution in [0.25, 0.3) is 93.5 Å². The summed E-state index contributed by atoms with van der Waals surface area (Å²) < 4.78 is 0. The minimum absolute atomic E-state index is 0.781. The van der Waals surface area contributed by atoms with Gasteiger partial charge in [-0.25, -0.2) is 0 Å². The van der Waals surface area contributed by atoms with E-state index in [4.69, 9.17) is 0 Å². The number of fused-ring (bicyclic) bond motifs is 10. The molecule has 0 bridgehead atoms. The van der Waals surface area contributed by atoms with Crippen molar-refractivity contribution in [3.05, 3.63) is 489 Å². The van der Waals surface area contributed by atoms with E-state index in [-0.39, 0.29) is 0 Å². The van der Waals surface area contributed by atoms with Crippen LogP contribution in [0.5, 0.6) is 0 Å². The molecular formula is C140H100. The van der Waals surface area contributed by atoms with Crippen LogP contribution in [0.4, 0.5) is 0 Å². The normalized spacial score (nSPS) is 14.8. The summed E-state index contributed by atoms with van der Waals surface area (Å²) in [6.07, 6.45) is 52.9. The first kappa shape index (κ1) is 89.1. The zero-order chi connectivity index (χ0) is 95.1. The van der Waals surface area contributed by atoms with Gasteiger partial charge in [-0.05, 0) is 404 Å². The summed E-state index contributed by atoms with van der Waals surface area (Å²) in [5, 5.41) is 5.09. The monoisotopic (exact) mass is 1780 g/mol. The summed E-state index contributed by atoms with van der Waals surface area (Å²) >= 11 is 0. The molecule has 0 amide bonds. The Hall–Kier alpha value is -17.4. The van der Waals surface area contributed by atoms with Crippen molar-refractivity contribution in [3.63, 3.8) is 0 Å². The highest BCUT2D eigenvalue weighted by Gasteiger charge is 2.36. The fourth-order valence-corrected chi connectivity index (χ4v) is 21.8. The van der Waals surface area contributed by atoms with Gasteiger partial charge in [0, 0.05) is 79.6 Å². The lowest BCUT2D eigenvalue weighted by atomic mass is 9.88. The Morgan fingerprint density at radius 3 is 0.821 bits per heavy atom. The van der Waals surface area contributed by atoms with Gasteiger partial charge < -0.3 is 0 Å². The topological polar surface area (TPSA) is 0 Å². The van der Waals surface area contributed by atoms with Crippen molar-refractivity contribution in [3.8, 4) is 118 Å². The third kappa shape index (κ3) is 17.9. The van der Waals surface area contributed by atoms with Crippen LogP contribution in [0.2, 0.25) is 0 Å². The van der Waals surface area contributed by atoms with Crippen LogP contribution in [-0.2, 0) is 51.4 Å². The Morgan fingerprint density at radius 1 is 0.207 bits per heavy atom. The minimum Gasteiger partial charge on any atom is -0.101 e. The molecule has 12 aromatic rings. The molecule has 0 aromatic heterocycles. The zero-order valence-electron chi connectivity index (χ0n) is 80.5. The first-order chi connectivity index (χ1) is 69.0. The van der Waals surface area contributed by atoms with Crippen LogP contribution in [0.1, 0.15) is 248 Å². The molecule has 24 rings (SSSR count). The standard InChI is InChI=1S/C38H26.2C34H26.C34H22/c1-3-9-33-35-21-31(29-17-15-25-11-5-7-13-27(25)19-29)23-37(35)34(10-4-2)38-24-32(22-36(33)38)30-18-16-26-12-6-8-14-28(26)20-30;1-3-7-29-31-17-27(25-13-21-9-5-10-22(21)14-25)19-33(31)30(8-4-2)34-20-28(18-32(29)34)26-15-23-11-6-12-24(23)16-26;2*1-3-11-29-31-21-27(19-17-25-13-7-5-8-14-25)23-33(31)30(12-4-2)34-24-28(22-32(29)34)20-18-26-15-9-6-10-16-26/h5-8,11-21,24H,22-23H2,1-2H3;5-6,9,11,14,16-17,20H,10,12-13,15,18-19H2,1-2H3;5-10,13-21,24H,22-23H2,1-2H3;5-10,13-16,21,24H,22-23H2,1-2H3/b;;19-17+,20-18+;. The van der Waals surface area contributed by atoms with Crippen LogP contribution < -0.4 is 0 Å². The van der Waals surface area contributed by atoms with Gasteiger partial charge in [-0.15, -0.1) is 47.4 Å². The Kier molecular flexibility index (Phi) is 25.4. The third-order valence-corrected chi connectivity index (χ3v) is 28.2. The second kappa shape index (κ2) is 39.9. The molecule has 0 fully saturated rings. The molecule has 0 heterocycles. The molecular weight excluding hydrogens is 1680 g/mol. The smallest absolute Gasteiger partial charge is 0.0363 e. The molecule has 12 aliphatic carbocycles. The summed E-state index contributed by atoms with van der Waals surface area (Å²) in [7, 11) is 0. The summed E-state index contributed by atoms with van der Waals surface area (Å²) in [5.41, 5.74) is 56.2. The first-order valence-corrected chi connectivity index (χ1v) is 48.7. The Balaban J connectivity index is 0.000000111. The van der Waals surface area contributed by atoms with Gasteiger partial charge in [-0.2, -0.15) is 0 Å². The minimum atomic E-state index is 0.781. The fraction of sp³-hybridized carbons (Fsp3) is 0.143. The Bertz CT molecular complexity index is 8180. The van der Waals surface area contributed by atoms with Gasteiger partial charge in [0.25, 0.3) is 0 Å². The van der Waals surface area contributed by atoms with Gasteiger partial charge in [0.2, 0.25) is 0 Å². The average Bonchev–Trinajstić information content (AvgIpc) is 1.57. The molecule has 660 valence electrons. The summed E-state index contributed by atoms with van der Waals surface area (Å²) in [5.74, 6) is 66.6. The van der Waals surface area contributed by atoms with Gasteiger partial charge >= 0.3 is 0 Å². The number of rotatable bonds is 8. The molecule has 140 heavy (non-hydrogen) atoms. The Labute approximate surface area is 826 Å². The molecule has 0 N–H and O–H groups in total. The molecule has 0 nitrogen and oxygen atoms in total. The van der Waals surface area contributed by atoms with Gasteiger partial charge in [0.05, 0.1) is 0 Å². The lowest BCUT2D eigenvalue weighted by Gasteiger charge is -2.14. The van der Waals surface area contributed by atoms with Crippen molar-refractivity contribution < 1.29 is 0 Å². The van der Waals surface area contributed by atoms with E-state index in [1.165, 1.54) is 222 Å². The SMILES string of the molecule is CC#Cc1c2c(c(C#CC)c3c1CC(/C=C/c1ccccc1)=C3)CC(/C=C/c1ccccc1)=C2.CC#Cc1c2c(c(C#CC)c3c1CC(C#Cc1ccccc1)=C3)CC(C#Cc1ccccc1)=C2.CC#Cc1c2c(c(C#CC)c3c1CC(C1=CC4=C(C=CC4)C1)=C3)CC(C1=CC3=C(C=CC3)C1)=C2.CC#Cc1c2c(c(C#CC)c3c1CC(c1ccc4ccccc4c1)=C3)CC(c1ccc3ccccc3c1)=C2. The molecule has 0 atom stereocenters. The molecule has 12 aromatic carbocycles. The van der Waals surface area contributed by atoms with E-state index in [1.807, 2.05) is 128 Å². The number of hydrogen-bond acceptors (Lipinski definition) is 0. The van der Waals surface area contributed by atoms with E-state index < -0.39 is 0 Å². The van der Waals surface area contributed by atoms with Gasteiger partial charge in [-0.3, -0.25) is 0 Å². The molecule has 0 saturated heterocycles. The lowest BCUT2D eigenvalue weighted by Crippen LogP contribution is -2.02. The highest BCUT2D eigenvalue weighted by atomic mass is 14.4. The van der Waals surface area contributed by atoms with Crippen molar-refractivity contribution in [2.75, 3.05) is 0 Å². The van der Waals surface area contributed by atoms with Crippen molar-refractivity contribution in [2.45, 2.75) is 132 Å². The second-order valence-corrected chi connectivity index (χ2v) is 36.9. The van der Waals surface area contributed by atoms with E-state index in [0.717, 1.165) is 122 Å². The number of allylic oxidation sites excluding steroid dienone is 22. The zero-order valence-corrected chi connectivity index (χ0v) is 80.5. The highest BCUT2D eigenvalue weighted by molar-refractivity contribution is 6.02. The summed E-state index contributed by atoms with van der Waals surface area (Å²) in [4.78, 5) is 0. The van der Waals surface area contributed by atoms with Crippen molar-refractivity contribution in [2.24, 2.45) is 0 Å². The van der Waals surface area contributed by atoms with Crippen LogP contribution in [0.3, 0.4) is 0 Å². The summed E-state index contributed by atoms with van der Waals surface area (Å²) in [6.45, 7) is 15.4. The predicted octanol–water partition coefficient (Wildman–Crippen LogP) is 30.6. The molecule has 0 spiro atoms. The van der Waals surface area contributed by atoms with Crippen LogP contribution in [-0.4, -0.2) is 0 Å². The average molecular weight is 1780 g/mol. The fourth-order valence-electron chi connectivity index (χ4n) is 21.8. The second-order valence-electron chi connectivity index (χ2n) is 36.9. The predicted molar refractivity (Wildman–Crippen MR) is 592 cm³/mol. The molecule has 0 heteroatoms. The van der Waals surface area contributed by atoms with E-state index in [1.54, 1.807) is 0 Å². The highest BCUT2D eigenvalue weighted by Crippen LogP contribution is 2.51. The molecule has 0 unspecified atom stereocenters. The van der Waals surface area contributed by atoms with Crippen LogP contribution in [0.15, 0.2) is 322 Å². The number of benzene rings is 12. The summed E-state index contributed by atoms with van der Waals surface area (Å²) in [6, 6.07) is 71.9. The van der Waals surface area contributed by atoms with Crippen molar-refractivity contribution >= 4 is 93.5 Å². The third-order valence-electron chi connectivity index (χ3n) is 28.2. The quantitative estimate of drug-likeness (QED) is 0.133. The maximum absolute atomic E-state index is 3.52. The maximum atomic E-state index is 3.52.